The molecule has 2 N–H and O–H groups in total. The Morgan fingerprint density at radius 2 is 1.72 bits per heavy atom. The van der Waals surface area contributed by atoms with Gasteiger partial charge in [0.25, 0.3) is 0 Å². The zero-order chi connectivity index (χ0) is 13.5. The molecule has 0 saturated heterocycles. The van der Waals surface area contributed by atoms with Crippen LogP contribution in [0.3, 0.4) is 0 Å². The summed E-state index contributed by atoms with van der Waals surface area (Å²) in [6.45, 7) is 6.25. The summed E-state index contributed by atoms with van der Waals surface area (Å²) in [7, 11) is 0. The van der Waals surface area contributed by atoms with Crippen LogP contribution in [0.25, 0.3) is 0 Å². The number of benzene rings is 1. The minimum Gasteiger partial charge on any atom is -0.396 e. The standard InChI is InChI=1S/C15H24O2S/c1-11(2)9-14(15(17)12(3)10-16)18-13-7-5-4-6-8-13/h4-8,11-12,14-17H,9-10H2,1-3H3/t12-,14-,15+/m0/s1. The SMILES string of the molecule is CC(C)C[C@H](Sc1ccccc1)[C@H](O)[C@@H](C)CO. The van der Waals surface area contributed by atoms with Gasteiger partial charge in [0.2, 0.25) is 0 Å². The van der Waals surface area contributed by atoms with Crippen molar-refractivity contribution in [2.45, 2.75) is 43.4 Å². The van der Waals surface area contributed by atoms with E-state index in [1.807, 2.05) is 25.1 Å². The summed E-state index contributed by atoms with van der Waals surface area (Å²) in [5, 5.41) is 19.6. The first-order chi connectivity index (χ1) is 8.54. The fraction of sp³-hybridized carbons (Fsp3) is 0.600. The summed E-state index contributed by atoms with van der Waals surface area (Å²) in [6.07, 6.45) is 0.480. The highest BCUT2D eigenvalue weighted by atomic mass is 32.2. The number of hydrogen-bond acceptors (Lipinski definition) is 3. The zero-order valence-electron chi connectivity index (χ0n) is 11.4. The average molecular weight is 268 g/mol. The van der Waals surface area contributed by atoms with Crippen LogP contribution in [0.1, 0.15) is 27.2 Å². The first-order valence-electron chi connectivity index (χ1n) is 6.55. The third kappa shape index (κ3) is 5.01. The second kappa shape index (κ2) is 7.82. The third-order valence-electron chi connectivity index (χ3n) is 2.99. The topological polar surface area (TPSA) is 40.5 Å². The van der Waals surface area contributed by atoms with Gasteiger partial charge in [-0.05, 0) is 24.5 Å². The van der Waals surface area contributed by atoms with Gasteiger partial charge < -0.3 is 10.2 Å². The van der Waals surface area contributed by atoms with E-state index in [1.54, 1.807) is 11.8 Å². The van der Waals surface area contributed by atoms with Crippen molar-refractivity contribution in [3.63, 3.8) is 0 Å². The van der Waals surface area contributed by atoms with E-state index < -0.39 is 6.10 Å². The Hall–Kier alpha value is -0.510. The number of rotatable bonds is 7. The van der Waals surface area contributed by atoms with E-state index in [-0.39, 0.29) is 17.8 Å². The van der Waals surface area contributed by atoms with E-state index in [2.05, 4.69) is 26.0 Å². The number of aliphatic hydroxyl groups is 2. The van der Waals surface area contributed by atoms with Crippen molar-refractivity contribution >= 4 is 11.8 Å². The first kappa shape index (κ1) is 15.5. The van der Waals surface area contributed by atoms with Crippen LogP contribution in [-0.2, 0) is 0 Å². The molecule has 0 fully saturated rings. The van der Waals surface area contributed by atoms with Gasteiger partial charge in [0.05, 0.1) is 6.10 Å². The third-order valence-corrected chi connectivity index (χ3v) is 4.30. The van der Waals surface area contributed by atoms with E-state index >= 15 is 0 Å². The first-order valence-corrected chi connectivity index (χ1v) is 7.43. The van der Waals surface area contributed by atoms with Crippen LogP contribution in [-0.4, -0.2) is 28.2 Å². The van der Waals surface area contributed by atoms with Gasteiger partial charge in [0.1, 0.15) is 0 Å². The quantitative estimate of drug-likeness (QED) is 0.746. The molecule has 0 heterocycles. The summed E-state index contributed by atoms with van der Waals surface area (Å²) in [5.41, 5.74) is 0. The van der Waals surface area contributed by atoms with Gasteiger partial charge in [0, 0.05) is 22.7 Å². The highest BCUT2D eigenvalue weighted by Crippen LogP contribution is 2.32. The molecule has 0 aromatic heterocycles. The van der Waals surface area contributed by atoms with Crippen LogP contribution in [0, 0.1) is 11.8 Å². The maximum atomic E-state index is 10.3. The van der Waals surface area contributed by atoms with Crippen LogP contribution in [0.4, 0.5) is 0 Å². The van der Waals surface area contributed by atoms with Gasteiger partial charge in [0.15, 0.2) is 0 Å². The van der Waals surface area contributed by atoms with Gasteiger partial charge in [-0.1, -0.05) is 39.0 Å². The van der Waals surface area contributed by atoms with Crippen LogP contribution < -0.4 is 0 Å². The summed E-state index contributed by atoms with van der Waals surface area (Å²) < 4.78 is 0. The van der Waals surface area contributed by atoms with Crippen molar-refractivity contribution in [1.82, 2.24) is 0 Å². The fourth-order valence-corrected chi connectivity index (χ4v) is 3.42. The Balaban J connectivity index is 2.72. The van der Waals surface area contributed by atoms with Crippen molar-refractivity contribution in [2.24, 2.45) is 11.8 Å². The van der Waals surface area contributed by atoms with Crippen LogP contribution in [0.5, 0.6) is 0 Å². The summed E-state index contributed by atoms with van der Waals surface area (Å²) >= 11 is 1.71. The largest absolute Gasteiger partial charge is 0.396 e. The average Bonchev–Trinajstić information content (AvgIpc) is 2.37. The Bertz CT molecular complexity index is 327. The van der Waals surface area contributed by atoms with Crippen molar-refractivity contribution < 1.29 is 10.2 Å². The van der Waals surface area contributed by atoms with Crippen LogP contribution in [0.15, 0.2) is 35.2 Å². The van der Waals surface area contributed by atoms with Crippen molar-refractivity contribution in [1.29, 1.82) is 0 Å². The molecule has 3 heteroatoms. The monoisotopic (exact) mass is 268 g/mol. The molecule has 102 valence electrons. The predicted octanol–water partition coefficient (Wildman–Crippen LogP) is 3.18. The second-order valence-corrected chi connectivity index (χ2v) is 6.56. The van der Waals surface area contributed by atoms with E-state index in [1.165, 1.54) is 4.90 Å². The smallest absolute Gasteiger partial charge is 0.0709 e. The highest BCUT2D eigenvalue weighted by molar-refractivity contribution is 8.00. The summed E-state index contributed by atoms with van der Waals surface area (Å²) in [5.74, 6) is 0.455. The van der Waals surface area contributed by atoms with Crippen molar-refractivity contribution in [3.8, 4) is 0 Å². The molecule has 0 aliphatic carbocycles. The molecule has 1 aromatic rings. The van der Waals surface area contributed by atoms with Gasteiger partial charge in [-0.25, -0.2) is 0 Å². The summed E-state index contributed by atoms with van der Waals surface area (Å²) in [4.78, 5) is 1.17. The molecule has 1 aromatic carbocycles. The molecule has 18 heavy (non-hydrogen) atoms. The van der Waals surface area contributed by atoms with E-state index in [0.29, 0.717) is 5.92 Å². The molecule has 1 rings (SSSR count). The molecular formula is C15H24O2S. The summed E-state index contributed by atoms with van der Waals surface area (Å²) in [6, 6.07) is 10.1. The molecule has 2 nitrogen and oxygen atoms in total. The lowest BCUT2D eigenvalue weighted by molar-refractivity contribution is 0.0711. The maximum Gasteiger partial charge on any atom is 0.0709 e. The molecule has 0 amide bonds. The van der Waals surface area contributed by atoms with Gasteiger partial charge >= 0.3 is 0 Å². The van der Waals surface area contributed by atoms with Gasteiger partial charge in [-0.15, -0.1) is 11.8 Å². The molecule has 0 unspecified atom stereocenters. The molecule has 0 saturated carbocycles. The van der Waals surface area contributed by atoms with Crippen molar-refractivity contribution in [2.75, 3.05) is 6.61 Å². The Morgan fingerprint density at radius 3 is 2.22 bits per heavy atom. The van der Waals surface area contributed by atoms with Crippen LogP contribution >= 0.6 is 11.8 Å². The normalized spacial score (nSPS) is 16.6. The van der Waals surface area contributed by atoms with Crippen LogP contribution in [0.2, 0.25) is 0 Å². The zero-order valence-corrected chi connectivity index (χ0v) is 12.2. The number of thioether (sulfide) groups is 1. The number of aliphatic hydroxyl groups excluding tert-OH is 2. The minimum atomic E-state index is -0.470. The molecule has 0 aliphatic rings. The Labute approximate surface area is 114 Å². The molecular weight excluding hydrogens is 244 g/mol. The Kier molecular flexibility index (Phi) is 6.76. The van der Waals surface area contributed by atoms with E-state index in [0.717, 1.165) is 6.42 Å². The van der Waals surface area contributed by atoms with Gasteiger partial charge in [-0.3, -0.25) is 0 Å². The lowest BCUT2D eigenvalue weighted by Gasteiger charge is -2.27. The highest BCUT2D eigenvalue weighted by Gasteiger charge is 2.26. The molecule has 3 atom stereocenters. The minimum absolute atomic E-state index is 0.0328. The second-order valence-electron chi connectivity index (χ2n) is 5.25. The molecule has 0 radical (unpaired) electrons. The molecule has 0 aliphatic heterocycles. The van der Waals surface area contributed by atoms with Crippen molar-refractivity contribution in [3.05, 3.63) is 30.3 Å². The predicted molar refractivity (Wildman–Crippen MR) is 77.8 cm³/mol. The van der Waals surface area contributed by atoms with Gasteiger partial charge in [-0.2, -0.15) is 0 Å². The molecule has 0 spiro atoms. The number of hydrogen-bond donors (Lipinski definition) is 2. The van der Waals surface area contributed by atoms with E-state index in [9.17, 15) is 10.2 Å². The lowest BCUT2D eigenvalue weighted by Crippen LogP contribution is -2.32. The Morgan fingerprint density at radius 1 is 1.11 bits per heavy atom. The van der Waals surface area contributed by atoms with E-state index in [4.69, 9.17) is 0 Å². The molecule has 0 bridgehead atoms. The lowest BCUT2D eigenvalue weighted by atomic mass is 9.97. The fourth-order valence-electron chi connectivity index (χ4n) is 1.87. The maximum absolute atomic E-state index is 10.3.